The first-order valence-corrected chi connectivity index (χ1v) is 4.33. The van der Waals surface area contributed by atoms with Crippen LogP contribution in [-0.2, 0) is 9.68 Å². The lowest BCUT2D eigenvalue weighted by atomic mass is 10.5. The van der Waals surface area contributed by atoms with Gasteiger partial charge < -0.3 is 9.68 Å². The standard InChI is InChI=1S/C6H13N3O6/c1-2-7(3-5-14-8(10)11)4-6-15-9(12)13/h2-6H2,1H3. The Hall–Kier alpha value is -1.64. The zero-order valence-corrected chi connectivity index (χ0v) is 8.33. The molecule has 9 heteroatoms. The molecular formula is C6H13N3O6. The quantitative estimate of drug-likeness (QED) is 0.390. The van der Waals surface area contributed by atoms with E-state index in [1.165, 1.54) is 0 Å². The van der Waals surface area contributed by atoms with E-state index in [0.29, 0.717) is 19.6 Å². The largest absolute Gasteiger partial charge is 0.313 e. The Bertz CT molecular complexity index is 191. The van der Waals surface area contributed by atoms with Gasteiger partial charge in [-0.1, -0.05) is 6.92 Å². The van der Waals surface area contributed by atoms with E-state index in [0.717, 1.165) is 0 Å². The maximum absolute atomic E-state index is 9.82. The van der Waals surface area contributed by atoms with E-state index >= 15 is 0 Å². The van der Waals surface area contributed by atoms with Crippen molar-refractivity contribution in [2.75, 3.05) is 32.8 Å². The van der Waals surface area contributed by atoms with E-state index in [9.17, 15) is 20.2 Å². The van der Waals surface area contributed by atoms with Crippen molar-refractivity contribution in [3.8, 4) is 0 Å². The summed E-state index contributed by atoms with van der Waals surface area (Å²) in [6.45, 7) is 3.00. The van der Waals surface area contributed by atoms with Crippen molar-refractivity contribution >= 4 is 0 Å². The smallest absolute Gasteiger partial charge is 0.294 e. The summed E-state index contributed by atoms with van der Waals surface area (Å²) in [5.74, 6) is 0. The van der Waals surface area contributed by atoms with Crippen LogP contribution in [0.15, 0.2) is 0 Å². The minimum absolute atomic E-state index is 0.0562. The molecule has 0 aromatic carbocycles. The summed E-state index contributed by atoms with van der Waals surface area (Å²) in [6.07, 6.45) is 0. The van der Waals surface area contributed by atoms with Crippen LogP contribution in [0.4, 0.5) is 0 Å². The monoisotopic (exact) mass is 223 g/mol. The topological polar surface area (TPSA) is 108 Å². The number of nitrogens with zero attached hydrogens (tertiary/aromatic N) is 3. The van der Waals surface area contributed by atoms with Gasteiger partial charge in [0.15, 0.2) is 0 Å². The molecule has 15 heavy (non-hydrogen) atoms. The third-order valence-electron chi connectivity index (χ3n) is 1.66. The predicted octanol–water partition coefficient (Wildman–Crippen LogP) is -0.275. The van der Waals surface area contributed by atoms with E-state index in [4.69, 9.17) is 0 Å². The fourth-order valence-corrected chi connectivity index (χ4v) is 0.917. The third-order valence-corrected chi connectivity index (χ3v) is 1.66. The lowest BCUT2D eigenvalue weighted by Crippen LogP contribution is -2.31. The van der Waals surface area contributed by atoms with E-state index in [1.807, 2.05) is 6.92 Å². The highest BCUT2D eigenvalue weighted by atomic mass is 17.0. The van der Waals surface area contributed by atoms with E-state index in [1.54, 1.807) is 4.90 Å². The van der Waals surface area contributed by atoms with Crippen molar-refractivity contribution in [2.24, 2.45) is 0 Å². The van der Waals surface area contributed by atoms with Gasteiger partial charge in [-0.2, -0.15) is 0 Å². The van der Waals surface area contributed by atoms with Crippen LogP contribution in [-0.4, -0.2) is 47.9 Å². The molecule has 0 radical (unpaired) electrons. The molecule has 0 N–H and O–H groups in total. The summed E-state index contributed by atoms with van der Waals surface area (Å²) in [5.41, 5.74) is 0. The third kappa shape index (κ3) is 8.68. The first kappa shape index (κ1) is 13.4. The van der Waals surface area contributed by atoms with Crippen LogP contribution in [0, 0.1) is 20.2 Å². The van der Waals surface area contributed by atoms with Gasteiger partial charge in [0.05, 0.1) is 0 Å². The molecule has 0 spiro atoms. The summed E-state index contributed by atoms with van der Waals surface area (Å²) in [5, 5.41) is 17.9. The lowest BCUT2D eigenvalue weighted by Gasteiger charge is -2.18. The Labute approximate surface area is 85.8 Å². The second kappa shape index (κ2) is 7.74. The first-order valence-electron chi connectivity index (χ1n) is 4.33. The summed E-state index contributed by atoms with van der Waals surface area (Å²) in [6, 6.07) is 0. The minimum atomic E-state index is -0.874. The normalized spacial score (nSPS) is 10.0. The molecule has 0 saturated carbocycles. The predicted molar refractivity (Wildman–Crippen MR) is 48.0 cm³/mol. The molecule has 0 atom stereocenters. The first-order chi connectivity index (χ1) is 7.06. The van der Waals surface area contributed by atoms with Crippen molar-refractivity contribution in [2.45, 2.75) is 6.92 Å². The van der Waals surface area contributed by atoms with Crippen molar-refractivity contribution in [1.29, 1.82) is 0 Å². The summed E-state index contributed by atoms with van der Waals surface area (Å²) in [7, 11) is 0. The zero-order chi connectivity index (χ0) is 11.7. The van der Waals surface area contributed by atoms with Crippen molar-refractivity contribution < 1.29 is 19.8 Å². The molecule has 0 aromatic rings. The van der Waals surface area contributed by atoms with Crippen LogP contribution in [0.5, 0.6) is 0 Å². The van der Waals surface area contributed by atoms with Crippen LogP contribution in [0.2, 0.25) is 0 Å². The van der Waals surface area contributed by atoms with Gasteiger partial charge in [-0.25, -0.2) is 0 Å². The zero-order valence-electron chi connectivity index (χ0n) is 8.33. The molecule has 9 nitrogen and oxygen atoms in total. The van der Waals surface area contributed by atoms with Gasteiger partial charge in [-0.15, -0.1) is 20.2 Å². The minimum Gasteiger partial charge on any atom is -0.313 e. The van der Waals surface area contributed by atoms with Gasteiger partial charge in [0.25, 0.3) is 10.2 Å². The molecule has 0 unspecified atom stereocenters. The molecule has 0 aliphatic rings. The number of hydrogen-bond acceptors (Lipinski definition) is 7. The van der Waals surface area contributed by atoms with Crippen molar-refractivity contribution in [3.63, 3.8) is 0 Å². The molecule has 0 aromatic heterocycles. The van der Waals surface area contributed by atoms with Gasteiger partial charge in [0.1, 0.15) is 13.2 Å². The van der Waals surface area contributed by atoms with Gasteiger partial charge in [-0.05, 0) is 6.54 Å². The number of rotatable bonds is 9. The van der Waals surface area contributed by atoms with Gasteiger partial charge >= 0.3 is 0 Å². The molecular weight excluding hydrogens is 210 g/mol. The van der Waals surface area contributed by atoms with Crippen molar-refractivity contribution in [3.05, 3.63) is 20.2 Å². The molecule has 0 fully saturated rings. The fourth-order valence-electron chi connectivity index (χ4n) is 0.917. The van der Waals surface area contributed by atoms with E-state index in [2.05, 4.69) is 9.68 Å². The molecule has 0 aliphatic heterocycles. The second-order valence-electron chi connectivity index (χ2n) is 2.55. The Morgan fingerprint density at radius 1 is 1.07 bits per heavy atom. The Balaban J connectivity index is 3.54. The van der Waals surface area contributed by atoms with Gasteiger partial charge in [0, 0.05) is 13.1 Å². The molecule has 0 amide bonds. The Kier molecular flexibility index (Phi) is 6.89. The van der Waals surface area contributed by atoms with Crippen LogP contribution in [0.25, 0.3) is 0 Å². The van der Waals surface area contributed by atoms with Crippen LogP contribution < -0.4 is 0 Å². The van der Waals surface area contributed by atoms with Crippen LogP contribution in [0.3, 0.4) is 0 Å². The summed E-state index contributed by atoms with van der Waals surface area (Å²) in [4.78, 5) is 29.6. The van der Waals surface area contributed by atoms with E-state index in [-0.39, 0.29) is 13.2 Å². The highest BCUT2D eigenvalue weighted by Crippen LogP contribution is 1.89. The summed E-state index contributed by atoms with van der Waals surface area (Å²) < 4.78 is 0. The highest BCUT2D eigenvalue weighted by molar-refractivity contribution is 4.52. The van der Waals surface area contributed by atoms with E-state index < -0.39 is 10.2 Å². The molecule has 0 aliphatic carbocycles. The van der Waals surface area contributed by atoms with Crippen LogP contribution in [0.1, 0.15) is 6.92 Å². The Morgan fingerprint density at radius 2 is 1.47 bits per heavy atom. The Morgan fingerprint density at radius 3 is 1.73 bits per heavy atom. The molecule has 88 valence electrons. The highest BCUT2D eigenvalue weighted by Gasteiger charge is 2.04. The van der Waals surface area contributed by atoms with Crippen molar-refractivity contribution in [1.82, 2.24) is 4.90 Å². The number of likely N-dealkylation sites (N-methyl/N-ethyl adjacent to an activating group) is 1. The molecule has 0 bridgehead atoms. The average molecular weight is 223 g/mol. The van der Waals surface area contributed by atoms with Gasteiger partial charge in [0.2, 0.25) is 0 Å². The lowest BCUT2D eigenvalue weighted by molar-refractivity contribution is -0.758. The van der Waals surface area contributed by atoms with Crippen LogP contribution >= 0.6 is 0 Å². The maximum atomic E-state index is 9.82. The summed E-state index contributed by atoms with van der Waals surface area (Å²) >= 11 is 0. The molecule has 0 rings (SSSR count). The molecule has 0 heterocycles. The SMILES string of the molecule is CCN(CCO[N+](=O)[O-])CCO[N+](=O)[O-]. The number of hydrogen-bond donors (Lipinski definition) is 0. The maximum Gasteiger partial charge on any atom is 0.294 e. The van der Waals surface area contributed by atoms with Gasteiger partial charge in [-0.3, -0.25) is 4.90 Å². The second-order valence-corrected chi connectivity index (χ2v) is 2.55. The average Bonchev–Trinajstić information content (AvgIpc) is 2.14. The fraction of sp³-hybridized carbons (Fsp3) is 1.00. The molecule has 0 saturated heterocycles.